The Bertz CT molecular complexity index is 1040. The number of thioether (sulfide) groups is 1. The second kappa shape index (κ2) is 7.16. The largest absolute Gasteiger partial charge is 0.361 e. The first-order valence-corrected chi connectivity index (χ1v) is 10.8. The monoisotopic (exact) mass is 392 g/mol. The Kier molecular flexibility index (Phi) is 5.10. The molecule has 0 unspecified atom stereocenters. The zero-order chi connectivity index (χ0) is 18.9. The molecule has 0 amide bonds. The van der Waals surface area contributed by atoms with Crippen LogP contribution in [0.2, 0.25) is 0 Å². The van der Waals surface area contributed by atoms with Crippen LogP contribution in [-0.2, 0) is 16.4 Å². The molecule has 0 aliphatic carbocycles. The number of H-pyrrole nitrogens is 1. The van der Waals surface area contributed by atoms with Gasteiger partial charge in [0.05, 0.1) is 11.3 Å². The Morgan fingerprint density at radius 1 is 1.23 bits per heavy atom. The van der Waals surface area contributed by atoms with Crippen molar-refractivity contribution in [3.63, 3.8) is 0 Å². The van der Waals surface area contributed by atoms with E-state index in [0.29, 0.717) is 34.9 Å². The molecule has 26 heavy (non-hydrogen) atoms. The summed E-state index contributed by atoms with van der Waals surface area (Å²) in [6, 6.07) is 7.26. The topological polar surface area (TPSA) is 101 Å². The third kappa shape index (κ3) is 3.36. The maximum Gasteiger partial charge on any atom is 0.264 e. The molecular formula is C17H20N4O3S2. The number of nitrogens with one attached hydrogen (secondary N) is 2. The molecule has 0 saturated heterocycles. The molecule has 2 heterocycles. The van der Waals surface area contributed by atoms with E-state index in [4.69, 9.17) is 4.52 Å². The molecule has 2 N–H and O–H groups in total. The van der Waals surface area contributed by atoms with Gasteiger partial charge in [0, 0.05) is 22.7 Å². The lowest BCUT2D eigenvalue weighted by Gasteiger charge is -2.12. The fourth-order valence-corrected chi connectivity index (χ4v) is 4.93. The molecule has 3 rings (SSSR count). The SMILES string of the molecule is CCc1noc(-c2c(C)[nH]c(C)c2S(=O)(=O)Nc2ccccc2SC)n1. The fraction of sp³-hybridized carbons (Fsp3) is 0.294. The normalized spacial score (nSPS) is 11.7. The van der Waals surface area contributed by atoms with E-state index in [1.54, 1.807) is 26.0 Å². The van der Waals surface area contributed by atoms with Crippen molar-refractivity contribution >= 4 is 27.5 Å². The number of para-hydroxylation sites is 1. The molecule has 0 fully saturated rings. The van der Waals surface area contributed by atoms with Crippen LogP contribution < -0.4 is 4.72 Å². The van der Waals surface area contributed by atoms with Crippen molar-refractivity contribution in [1.29, 1.82) is 0 Å². The number of sulfonamides is 1. The number of rotatable bonds is 6. The quantitative estimate of drug-likeness (QED) is 0.619. The van der Waals surface area contributed by atoms with Crippen molar-refractivity contribution in [2.24, 2.45) is 0 Å². The predicted octanol–water partition coefficient (Wildman–Crippen LogP) is 3.77. The number of hydrogen-bond donors (Lipinski definition) is 2. The predicted molar refractivity (Wildman–Crippen MR) is 102 cm³/mol. The summed E-state index contributed by atoms with van der Waals surface area (Å²) < 4.78 is 34.3. The van der Waals surface area contributed by atoms with Gasteiger partial charge in [0.25, 0.3) is 15.9 Å². The molecule has 9 heteroatoms. The Morgan fingerprint density at radius 2 is 1.96 bits per heavy atom. The smallest absolute Gasteiger partial charge is 0.264 e. The molecule has 0 spiro atoms. The summed E-state index contributed by atoms with van der Waals surface area (Å²) in [7, 11) is -3.85. The lowest BCUT2D eigenvalue weighted by molar-refractivity contribution is 0.422. The van der Waals surface area contributed by atoms with Gasteiger partial charge in [0.1, 0.15) is 4.90 Å². The van der Waals surface area contributed by atoms with Crippen LogP contribution in [0.1, 0.15) is 24.1 Å². The van der Waals surface area contributed by atoms with Gasteiger partial charge in [-0.1, -0.05) is 24.2 Å². The summed E-state index contributed by atoms with van der Waals surface area (Å²) in [6.45, 7) is 5.40. The molecule has 138 valence electrons. The molecule has 0 bridgehead atoms. The Hall–Kier alpha value is -2.26. The number of benzene rings is 1. The Balaban J connectivity index is 2.11. The first kappa shape index (κ1) is 18.5. The first-order chi connectivity index (χ1) is 12.4. The van der Waals surface area contributed by atoms with Crippen LogP contribution in [0.3, 0.4) is 0 Å². The van der Waals surface area contributed by atoms with Gasteiger partial charge >= 0.3 is 0 Å². The van der Waals surface area contributed by atoms with E-state index in [0.717, 1.165) is 4.90 Å². The van der Waals surface area contributed by atoms with E-state index in [-0.39, 0.29) is 10.8 Å². The number of aryl methyl sites for hydroxylation is 3. The molecule has 0 radical (unpaired) electrons. The zero-order valence-electron chi connectivity index (χ0n) is 15.0. The van der Waals surface area contributed by atoms with Gasteiger partial charge in [-0.25, -0.2) is 8.42 Å². The summed E-state index contributed by atoms with van der Waals surface area (Å²) in [5, 5.41) is 3.88. The number of aromatic amines is 1. The van der Waals surface area contributed by atoms with Crippen molar-refractivity contribution in [3.8, 4) is 11.5 Å². The van der Waals surface area contributed by atoms with Crippen molar-refractivity contribution in [3.05, 3.63) is 41.5 Å². The maximum absolute atomic E-state index is 13.1. The molecule has 0 aliphatic rings. The highest BCUT2D eigenvalue weighted by atomic mass is 32.2. The van der Waals surface area contributed by atoms with Crippen molar-refractivity contribution in [2.75, 3.05) is 11.0 Å². The van der Waals surface area contributed by atoms with Crippen molar-refractivity contribution in [1.82, 2.24) is 15.1 Å². The zero-order valence-corrected chi connectivity index (χ0v) is 16.6. The average molecular weight is 393 g/mol. The Morgan fingerprint density at radius 3 is 2.62 bits per heavy atom. The second-order valence-electron chi connectivity index (χ2n) is 5.75. The highest BCUT2D eigenvalue weighted by molar-refractivity contribution is 7.99. The van der Waals surface area contributed by atoms with E-state index in [1.165, 1.54) is 11.8 Å². The summed E-state index contributed by atoms with van der Waals surface area (Å²) >= 11 is 1.47. The number of aromatic nitrogens is 3. The summed E-state index contributed by atoms with van der Waals surface area (Å²) in [6.07, 6.45) is 2.50. The lowest BCUT2D eigenvalue weighted by atomic mass is 10.2. The van der Waals surface area contributed by atoms with Crippen LogP contribution in [0.5, 0.6) is 0 Å². The third-order valence-electron chi connectivity index (χ3n) is 3.94. The summed E-state index contributed by atoms with van der Waals surface area (Å²) in [5.41, 5.74) is 2.11. The molecule has 7 nitrogen and oxygen atoms in total. The van der Waals surface area contributed by atoms with Gasteiger partial charge in [-0.15, -0.1) is 11.8 Å². The average Bonchev–Trinajstić information content (AvgIpc) is 3.18. The van der Waals surface area contributed by atoms with Crippen LogP contribution in [0.25, 0.3) is 11.5 Å². The van der Waals surface area contributed by atoms with Gasteiger partial charge < -0.3 is 9.51 Å². The van der Waals surface area contributed by atoms with Gasteiger partial charge in [-0.05, 0) is 32.2 Å². The van der Waals surface area contributed by atoms with Crippen LogP contribution in [0, 0.1) is 13.8 Å². The molecule has 0 saturated carbocycles. The van der Waals surface area contributed by atoms with Crippen molar-refractivity contribution < 1.29 is 12.9 Å². The van der Waals surface area contributed by atoms with E-state index in [2.05, 4.69) is 19.8 Å². The number of hydrogen-bond acceptors (Lipinski definition) is 6. The first-order valence-electron chi connectivity index (χ1n) is 8.05. The van der Waals surface area contributed by atoms with Gasteiger partial charge in [-0.2, -0.15) is 4.98 Å². The molecule has 1 aromatic carbocycles. The van der Waals surface area contributed by atoms with Crippen LogP contribution >= 0.6 is 11.8 Å². The van der Waals surface area contributed by atoms with E-state index in [1.807, 2.05) is 25.3 Å². The highest BCUT2D eigenvalue weighted by Crippen LogP contribution is 2.35. The second-order valence-corrected chi connectivity index (χ2v) is 8.22. The molecule has 3 aromatic rings. The standard InChI is InChI=1S/C17H20N4O3S2/c1-5-14-19-17(24-20-14)15-10(2)18-11(3)16(15)26(22,23)21-12-8-6-7-9-13(12)25-4/h6-9,18,21H,5H2,1-4H3. The highest BCUT2D eigenvalue weighted by Gasteiger charge is 2.29. The summed E-state index contributed by atoms with van der Waals surface area (Å²) in [5.74, 6) is 0.726. The van der Waals surface area contributed by atoms with E-state index in [9.17, 15) is 8.42 Å². The van der Waals surface area contributed by atoms with Crippen LogP contribution in [0.15, 0.2) is 38.6 Å². The van der Waals surface area contributed by atoms with Gasteiger partial charge in [0.2, 0.25) is 0 Å². The maximum atomic E-state index is 13.1. The molecule has 2 aromatic heterocycles. The minimum Gasteiger partial charge on any atom is -0.361 e. The number of anilines is 1. The minimum atomic E-state index is -3.85. The van der Waals surface area contributed by atoms with E-state index < -0.39 is 10.0 Å². The van der Waals surface area contributed by atoms with E-state index >= 15 is 0 Å². The molecule has 0 aliphatic heterocycles. The van der Waals surface area contributed by atoms with Gasteiger partial charge in [0.15, 0.2) is 5.82 Å². The number of nitrogens with zero attached hydrogens (tertiary/aromatic N) is 2. The fourth-order valence-electron chi connectivity index (χ4n) is 2.78. The van der Waals surface area contributed by atoms with Crippen LogP contribution in [0.4, 0.5) is 5.69 Å². The summed E-state index contributed by atoms with van der Waals surface area (Å²) in [4.78, 5) is 8.33. The Labute approximate surface area is 156 Å². The molecular weight excluding hydrogens is 372 g/mol. The van der Waals surface area contributed by atoms with Gasteiger partial charge in [-0.3, -0.25) is 4.72 Å². The minimum absolute atomic E-state index is 0.122. The molecule has 0 atom stereocenters. The van der Waals surface area contributed by atoms with Crippen LogP contribution in [-0.4, -0.2) is 29.8 Å². The lowest BCUT2D eigenvalue weighted by Crippen LogP contribution is -2.15. The van der Waals surface area contributed by atoms with Crippen molar-refractivity contribution in [2.45, 2.75) is 37.0 Å². The third-order valence-corrected chi connectivity index (χ3v) is 6.27.